The number of carbonyl (C=O) groups excluding carboxylic acids is 1. The molecular weight excluding hydrogens is 202 g/mol. The minimum absolute atomic E-state index is 0.264. The van der Waals surface area contributed by atoms with E-state index in [4.69, 9.17) is 0 Å². The highest BCUT2D eigenvalue weighted by Gasteiger charge is 2.31. The van der Waals surface area contributed by atoms with Crippen molar-refractivity contribution in [2.75, 3.05) is 13.1 Å². The molecule has 1 N–H and O–H groups in total. The molecular formula is C12H19N3O. The van der Waals surface area contributed by atoms with Gasteiger partial charge in [0.05, 0.1) is 6.33 Å². The van der Waals surface area contributed by atoms with Crippen molar-refractivity contribution in [3.05, 3.63) is 18.2 Å². The summed E-state index contributed by atoms with van der Waals surface area (Å²) in [5.74, 6) is 0.264. The number of carbonyl (C=O) groups is 1. The molecule has 0 aromatic carbocycles. The van der Waals surface area contributed by atoms with Crippen LogP contribution in [0.3, 0.4) is 0 Å². The van der Waals surface area contributed by atoms with Gasteiger partial charge in [0.25, 0.3) is 0 Å². The van der Waals surface area contributed by atoms with E-state index in [1.807, 2.05) is 4.90 Å². The van der Waals surface area contributed by atoms with E-state index in [1.54, 1.807) is 12.5 Å². The Morgan fingerprint density at radius 1 is 1.62 bits per heavy atom. The number of hydrogen-bond acceptors (Lipinski definition) is 2. The van der Waals surface area contributed by atoms with Gasteiger partial charge < -0.3 is 9.88 Å². The molecule has 16 heavy (non-hydrogen) atoms. The molecule has 0 radical (unpaired) electrons. The van der Waals surface area contributed by atoms with Crippen LogP contribution < -0.4 is 0 Å². The van der Waals surface area contributed by atoms with Gasteiger partial charge in [-0.05, 0) is 18.3 Å². The lowest BCUT2D eigenvalue weighted by molar-refractivity contribution is -0.130. The van der Waals surface area contributed by atoms with Gasteiger partial charge >= 0.3 is 0 Å². The minimum Gasteiger partial charge on any atom is -0.348 e. The Morgan fingerprint density at radius 3 is 3.00 bits per heavy atom. The molecule has 2 heterocycles. The zero-order chi connectivity index (χ0) is 11.6. The number of likely N-dealkylation sites (tertiary alicyclic amines) is 1. The maximum atomic E-state index is 11.9. The minimum atomic E-state index is 0.264. The average Bonchev–Trinajstić information content (AvgIpc) is 2.83. The van der Waals surface area contributed by atoms with Crippen LogP contribution >= 0.6 is 0 Å². The van der Waals surface area contributed by atoms with E-state index in [0.717, 1.165) is 31.6 Å². The van der Waals surface area contributed by atoms with Gasteiger partial charge in [-0.3, -0.25) is 4.79 Å². The molecule has 88 valence electrons. The van der Waals surface area contributed by atoms with Gasteiger partial charge in [0.15, 0.2) is 0 Å². The third-order valence-electron chi connectivity index (χ3n) is 3.19. The van der Waals surface area contributed by atoms with Gasteiger partial charge in [0.1, 0.15) is 0 Å². The second kappa shape index (κ2) is 4.28. The molecule has 1 fully saturated rings. The summed E-state index contributed by atoms with van der Waals surface area (Å²) in [7, 11) is 0. The van der Waals surface area contributed by atoms with Gasteiger partial charge in [-0.15, -0.1) is 0 Å². The summed E-state index contributed by atoms with van der Waals surface area (Å²) in [6, 6.07) is 0. The van der Waals surface area contributed by atoms with Crippen LogP contribution in [0.2, 0.25) is 0 Å². The third-order valence-corrected chi connectivity index (χ3v) is 3.19. The summed E-state index contributed by atoms with van der Waals surface area (Å²) in [5.41, 5.74) is 1.33. The Kier molecular flexibility index (Phi) is 2.99. The second-order valence-corrected chi connectivity index (χ2v) is 5.31. The van der Waals surface area contributed by atoms with Crippen molar-refractivity contribution >= 4 is 5.91 Å². The van der Waals surface area contributed by atoms with Crippen LogP contribution in [-0.2, 0) is 11.2 Å². The van der Waals surface area contributed by atoms with Crippen molar-refractivity contribution in [1.82, 2.24) is 14.9 Å². The SMILES string of the molecule is CC1(C)CCN(C(=O)CCc2cnc[nH]2)C1. The number of amides is 1. The Labute approximate surface area is 96.1 Å². The van der Waals surface area contributed by atoms with Crippen LogP contribution in [0.4, 0.5) is 0 Å². The molecule has 0 saturated carbocycles. The van der Waals surface area contributed by atoms with Gasteiger partial charge in [-0.2, -0.15) is 0 Å². The maximum absolute atomic E-state index is 11.9. The number of aromatic amines is 1. The lowest BCUT2D eigenvalue weighted by Gasteiger charge is -2.19. The lowest BCUT2D eigenvalue weighted by atomic mass is 9.93. The van der Waals surface area contributed by atoms with E-state index in [0.29, 0.717) is 11.8 Å². The molecule has 0 atom stereocenters. The standard InChI is InChI=1S/C12H19N3O/c1-12(2)5-6-15(8-12)11(16)4-3-10-7-13-9-14-10/h7,9H,3-6,8H2,1-2H3,(H,13,14). The molecule has 0 unspecified atom stereocenters. The molecule has 4 heteroatoms. The number of hydrogen-bond donors (Lipinski definition) is 1. The predicted molar refractivity (Wildman–Crippen MR) is 61.9 cm³/mol. The quantitative estimate of drug-likeness (QED) is 0.842. The molecule has 1 aliphatic heterocycles. The number of rotatable bonds is 3. The Bertz CT molecular complexity index is 356. The van der Waals surface area contributed by atoms with Gasteiger partial charge in [0.2, 0.25) is 5.91 Å². The van der Waals surface area contributed by atoms with E-state index in [2.05, 4.69) is 23.8 Å². The average molecular weight is 221 g/mol. The molecule has 0 bridgehead atoms. The van der Waals surface area contributed by atoms with Crippen molar-refractivity contribution in [1.29, 1.82) is 0 Å². The fourth-order valence-electron chi connectivity index (χ4n) is 2.15. The maximum Gasteiger partial charge on any atom is 0.222 e. The van der Waals surface area contributed by atoms with Crippen molar-refractivity contribution < 1.29 is 4.79 Å². The van der Waals surface area contributed by atoms with E-state index in [1.165, 1.54) is 0 Å². The van der Waals surface area contributed by atoms with Crippen LogP contribution in [-0.4, -0.2) is 33.9 Å². The van der Waals surface area contributed by atoms with E-state index >= 15 is 0 Å². The molecule has 4 nitrogen and oxygen atoms in total. The zero-order valence-electron chi connectivity index (χ0n) is 9.99. The number of H-pyrrole nitrogens is 1. The van der Waals surface area contributed by atoms with Crippen LogP contribution in [0, 0.1) is 5.41 Å². The number of aryl methyl sites for hydroxylation is 1. The Hall–Kier alpha value is -1.32. The summed E-state index contributed by atoms with van der Waals surface area (Å²) in [6.07, 6.45) is 5.89. The van der Waals surface area contributed by atoms with Crippen LogP contribution in [0.25, 0.3) is 0 Å². The topological polar surface area (TPSA) is 49.0 Å². The number of aromatic nitrogens is 2. The molecule has 1 aromatic rings. The zero-order valence-corrected chi connectivity index (χ0v) is 9.99. The highest BCUT2D eigenvalue weighted by molar-refractivity contribution is 5.76. The van der Waals surface area contributed by atoms with Crippen molar-refractivity contribution in [2.45, 2.75) is 33.1 Å². The van der Waals surface area contributed by atoms with E-state index < -0.39 is 0 Å². The van der Waals surface area contributed by atoms with Crippen LogP contribution in [0.1, 0.15) is 32.4 Å². The smallest absolute Gasteiger partial charge is 0.222 e. The highest BCUT2D eigenvalue weighted by atomic mass is 16.2. The van der Waals surface area contributed by atoms with Crippen LogP contribution in [0.15, 0.2) is 12.5 Å². The first kappa shape index (κ1) is 11.2. The first-order valence-corrected chi connectivity index (χ1v) is 5.82. The van der Waals surface area contributed by atoms with Crippen molar-refractivity contribution in [3.8, 4) is 0 Å². The molecule has 1 aromatic heterocycles. The fraction of sp³-hybridized carbons (Fsp3) is 0.667. The summed E-state index contributed by atoms with van der Waals surface area (Å²) >= 11 is 0. The molecule has 1 saturated heterocycles. The van der Waals surface area contributed by atoms with Crippen molar-refractivity contribution in [2.24, 2.45) is 5.41 Å². The predicted octanol–water partition coefficient (Wildman–Crippen LogP) is 1.60. The second-order valence-electron chi connectivity index (χ2n) is 5.31. The summed E-state index contributed by atoms with van der Waals surface area (Å²) in [5, 5.41) is 0. The monoisotopic (exact) mass is 221 g/mol. The number of imidazole rings is 1. The number of nitrogens with zero attached hydrogens (tertiary/aromatic N) is 2. The normalized spacial score (nSPS) is 19.0. The highest BCUT2D eigenvalue weighted by Crippen LogP contribution is 2.29. The Balaban J connectivity index is 1.81. The molecule has 0 aliphatic carbocycles. The Morgan fingerprint density at radius 2 is 2.44 bits per heavy atom. The van der Waals surface area contributed by atoms with Crippen LogP contribution in [0.5, 0.6) is 0 Å². The van der Waals surface area contributed by atoms with Crippen molar-refractivity contribution in [3.63, 3.8) is 0 Å². The van der Waals surface area contributed by atoms with E-state index in [9.17, 15) is 4.79 Å². The fourth-order valence-corrected chi connectivity index (χ4v) is 2.15. The first-order valence-electron chi connectivity index (χ1n) is 5.82. The first-order chi connectivity index (χ1) is 7.57. The summed E-state index contributed by atoms with van der Waals surface area (Å²) in [4.78, 5) is 20.9. The van der Waals surface area contributed by atoms with Gasteiger partial charge in [-0.25, -0.2) is 4.98 Å². The van der Waals surface area contributed by atoms with E-state index in [-0.39, 0.29) is 5.91 Å². The largest absolute Gasteiger partial charge is 0.348 e. The number of nitrogens with one attached hydrogen (secondary N) is 1. The molecule has 1 amide bonds. The molecule has 0 spiro atoms. The van der Waals surface area contributed by atoms with Gasteiger partial charge in [-0.1, -0.05) is 13.8 Å². The lowest BCUT2D eigenvalue weighted by Crippen LogP contribution is -2.30. The third kappa shape index (κ3) is 2.62. The molecule has 1 aliphatic rings. The summed E-state index contributed by atoms with van der Waals surface area (Å²) in [6.45, 7) is 6.24. The molecule has 2 rings (SSSR count). The summed E-state index contributed by atoms with van der Waals surface area (Å²) < 4.78 is 0. The van der Waals surface area contributed by atoms with Gasteiger partial charge in [0, 0.05) is 31.4 Å².